The number of rotatable bonds is 18. The van der Waals surface area contributed by atoms with E-state index in [1.807, 2.05) is 5.32 Å². The summed E-state index contributed by atoms with van der Waals surface area (Å²) in [5, 5.41) is 33.3. The molecule has 0 aliphatic heterocycles. The van der Waals surface area contributed by atoms with E-state index >= 15 is 0 Å². The number of nitrogens with two attached hydrogens (primary N) is 3. The fourth-order valence-electron chi connectivity index (χ4n) is 2.80. The summed E-state index contributed by atoms with van der Waals surface area (Å²) in [7, 11) is 0. The van der Waals surface area contributed by atoms with E-state index in [1.54, 1.807) is 0 Å². The van der Waals surface area contributed by atoms with Crippen LogP contribution in [0.3, 0.4) is 0 Å². The van der Waals surface area contributed by atoms with E-state index < -0.39 is 78.5 Å². The van der Waals surface area contributed by atoms with Gasteiger partial charge in [-0.1, -0.05) is 0 Å². The summed E-state index contributed by atoms with van der Waals surface area (Å²) in [6.07, 6.45) is -1.52. The molecule has 0 rings (SSSR count). The molecule has 16 nitrogen and oxygen atoms in total. The number of nitrogens with one attached hydrogen (secondary N) is 3. The number of aliphatic carboxylic acids is 3. The van der Waals surface area contributed by atoms with Crippen LogP contribution in [0.4, 0.5) is 0 Å². The Morgan fingerprint density at radius 2 is 1.17 bits per heavy atom. The molecule has 16 heteroatoms. The van der Waals surface area contributed by atoms with Crippen molar-refractivity contribution < 1.29 is 48.9 Å². The van der Waals surface area contributed by atoms with Gasteiger partial charge in [0.05, 0.1) is 18.9 Å². The van der Waals surface area contributed by atoms with Crippen molar-refractivity contribution in [2.75, 3.05) is 6.54 Å². The maximum Gasteiger partial charge on any atom is 0.326 e. The minimum atomic E-state index is -1.82. The van der Waals surface area contributed by atoms with Crippen molar-refractivity contribution in [1.29, 1.82) is 0 Å². The van der Waals surface area contributed by atoms with Crippen molar-refractivity contribution >= 4 is 41.5 Å². The standard InChI is InChI=1S/C19H32N6O10/c20-6-2-1-3-10(23-16(31)9(21)7-14(27)28)17(32)24-11(4-5-13(22)26)18(33)25-12(19(34)35)8-15(29)30/h9-12H,1-8,20-21H2,(H2,22,26)(H,23,31)(H,24,32)(H,25,33)(H,27,28)(H,29,30)(H,34,35). The first-order valence-electron chi connectivity index (χ1n) is 10.6. The maximum atomic E-state index is 12.9. The third-order valence-electron chi connectivity index (χ3n) is 4.62. The quantitative estimate of drug-likeness (QED) is 0.0812. The summed E-state index contributed by atoms with van der Waals surface area (Å²) < 4.78 is 0. The van der Waals surface area contributed by atoms with E-state index in [1.165, 1.54) is 0 Å². The molecule has 0 radical (unpaired) electrons. The van der Waals surface area contributed by atoms with Gasteiger partial charge >= 0.3 is 17.9 Å². The van der Waals surface area contributed by atoms with Gasteiger partial charge in [0.2, 0.25) is 23.6 Å². The first-order valence-corrected chi connectivity index (χ1v) is 10.6. The van der Waals surface area contributed by atoms with Gasteiger partial charge in [-0.05, 0) is 32.2 Å². The highest BCUT2D eigenvalue weighted by Gasteiger charge is 2.31. The molecule has 0 aliphatic carbocycles. The highest BCUT2D eigenvalue weighted by atomic mass is 16.4. The molecule has 0 aliphatic rings. The Balaban J connectivity index is 5.61. The zero-order chi connectivity index (χ0) is 27.1. The third kappa shape index (κ3) is 13.5. The lowest BCUT2D eigenvalue weighted by Crippen LogP contribution is -2.57. The Kier molecular flexibility index (Phi) is 14.2. The van der Waals surface area contributed by atoms with Gasteiger partial charge in [-0.2, -0.15) is 0 Å². The van der Waals surface area contributed by atoms with Crippen molar-refractivity contribution in [2.24, 2.45) is 17.2 Å². The number of hydrogen-bond donors (Lipinski definition) is 9. The van der Waals surface area contributed by atoms with Crippen LogP contribution in [0.15, 0.2) is 0 Å². The van der Waals surface area contributed by atoms with E-state index in [-0.39, 0.29) is 25.8 Å². The first-order chi connectivity index (χ1) is 16.3. The second-order valence-corrected chi connectivity index (χ2v) is 7.61. The van der Waals surface area contributed by atoms with Crippen LogP contribution in [0.1, 0.15) is 44.9 Å². The molecule has 4 unspecified atom stereocenters. The van der Waals surface area contributed by atoms with Gasteiger partial charge in [0, 0.05) is 6.42 Å². The molecule has 35 heavy (non-hydrogen) atoms. The van der Waals surface area contributed by atoms with Gasteiger partial charge in [-0.3, -0.25) is 28.8 Å². The molecule has 0 heterocycles. The summed E-state index contributed by atoms with van der Waals surface area (Å²) in [6.45, 7) is 0.282. The van der Waals surface area contributed by atoms with Crippen molar-refractivity contribution in [1.82, 2.24) is 16.0 Å². The normalized spacial score (nSPS) is 14.0. The van der Waals surface area contributed by atoms with Crippen molar-refractivity contribution in [3.63, 3.8) is 0 Å². The molecule has 0 bridgehead atoms. The Labute approximate surface area is 199 Å². The molecular weight excluding hydrogens is 472 g/mol. The molecule has 0 aromatic heterocycles. The van der Waals surface area contributed by atoms with Crippen LogP contribution in [0.25, 0.3) is 0 Å². The Morgan fingerprint density at radius 1 is 0.686 bits per heavy atom. The van der Waals surface area contributed by atoms with E-state index in [4.69, 9.17) is 32.5 Å². The summed E-state index contributed by atoms with van der Waals surface area (Å²) in [5.74, 6) is -8.25. The topological polar surface area (TPSA) is 294 Å². The summed E-state index contributed by atoms with van der Waals surface area (Å²) in [5.41, 5.74) is 16.0. The van der Waals surface area contributed by atoms with Gasteiger partial charge in [-0.15, -0.1) is 0 Å². The molecule has 0 spiro atoms. The van der Waals surface area contributed by atoms with Gasteiger partial charge in [0.15, 0.2) is 0 Å². The number of carbonyl (C=O) groups is 7. The van der Waals surface area contributed by atoms with Crippen LogP contribution < -0.4 is 33.2 Å². The monoisotopic (exact) mass is 504 g/mol. The van der Waals surface area contributed by atoms with Crippen LogP contribution in [-0.2, 0) is 33.6 Å². The average molecular weight is 504 g/mol. The minimum Gasteiger partial charge on any atom is -0.481 e. The second kappa shape index (κ2) is 15.9. The first kappa shape index (κ1) is 31.2. The predicted molar refractivity (Wildman–Crippen MR) is 117 cm³/mol. The largest absolute Gasteiger partial charge is 0.481 e. The van der Waals surface area contributed by atoms with Crippen LogP contribution in [0.5, 0.6) is 0 Å². The number of carbonyl (C=O) groups excluding carboxylic acids is 4. The lowest BCUT2D eigenvalue weighted by Gasteiger charge is -2.25. The Hall–Kier alpha value is -3.79. The molecule has 0 saturated heterocycles. The highest BCUT2D eigenvalue weighted by molar-refractivity contribution is 5.95. The molecule has 0 aromatic rings. The maximum absolute atomic E-state index is 12.9. The SMILES string of the molecule is NCCCCC(NC(=O)C(N)CC(=O)O)C(=O)NC(CCC(N)=O)C(=O)NC(CC(=O)O)C(=O)O. The van der Waals surface area contributed by atoms with E-state index in [0.717, 1.165) is 0 Å². The summed E-state index contributed by atoms with van der Waals surface area (Å²) in [6, 6.07) is -6.06. The van der Waals surface area contributed by atoms with Crippen molar-refractivity contribution in [3.8, 4) is 0 Å². The van der Waals surface area contributed by atoms with Crippen LogP contribution in [0.2, 0.25) is 0 Å². The number of hydrogen-bond acceptors (Lipinski definition) is 9. The van der Waals surface area contributed by atoms with Crippen LogP contribution >= 0.6 is 0 Å². The second-order valence-electron chi connectivity index (χ2n) is 7.61. The number of amides is 4. The number of unbranched alkanes of at least 4 members (excludes halogenated alkanes) is 1. The number of carboxylic acid groups (broad SMARTS) is 3. The molecule has 0 aromatic carbocycles. The average Bonchev–Trinajstić information content (AvgIpc) is 2.74. The van der Waals surface area contributed by atoms with Crippen LogP contribution in [0, 0.1) is 0 Å². The smallest absolute Gasteiger partial charge is 0.326 e. The molecule has 198 valence electrons. The summed E-state index contributed by atoms with van der Waals surface area (Å²) in [4.78, 5) is 81.7. The zero-order valence-corrected chi connectivity index (χ0v) is 18.9. The van der Waals surface area contributed by atoms with E-state index in [0.29, 0.717) is 12.8 Å². The van der Waals surface area contributed by atoms with Crippen LogP contribution in [-0.4, -0.2) is 87.6 Å². The van der Waals surface area contributed by atoms with E-state index in [2.05, 4.69) is 10.6 Å². The molecule has 0 fully saturated rings. The molecule has 12 N–H and O–H groups in total. The minimum absolute atomic E-state index is 0.0372. The predicted octanol–water partition coefficient (Wildman–Crippen LogP) is -3.80. The Morgan fingerprint density at radius 3 is 1.63 bits per heavy atom. The Bertz CT molecular complexity index is 805. The molecule has 0 saturated carbocycles. The van der Waals surface area contributed by atoms with Gasteiger partial charge in [0.25, 0.3) is 0 Å². The van der Waals surface area contributed by atoms with Gasteiger partial charge in [-0.25, -0.2) is 4.79 Å². The molecule has 4 atom stereocenters. The van der Waals surface area contributed by atoms with Crippen molar-refractivity contribution in [3.05, 3.63) is 0 Å². The highest BCUT2D eigenvalue weighted by Crippen LogP contribution is 2.06. The lowest BCUT2D eigenvalue weighted by atomic mass is 10.0. The van der Waals surface area contributed by atoms with E-state index in [9.17, 15) is 33.6 Å². The number of primary amides is 1. The number of carboxylic acids is 3. The summed E-state index contributed by atoms with van der Waals surface area (Å²) >= 11 is 0. The molecule has 4 amide bonds. The molecular formula is C19H32N6O10. The van der Waals surface area contributed by atoms with Crippen molar-refractivity contribution in [2.45, 2.75) is 69.1 Å². The van der Waals surface area contributed by atoms with Gasteiger partial charge < -0.3 is 48.5 Å². The fourth-order valence-corrected chi connectivity index (χ4v) is 2.80. The fraction of sp³-hybridized carbons (Fsp3) is 0.632. The van der Waals surface area contributed by atoms with Gasteiger partial charge in [0.1, 0.15) is 18.1 Å². The lowest BCUT2D eigenvalue weighted by molar-refractivity contribution is -0.147. The third-order valence-corrected chi connectivity index (χ3v) is 4.62. The zero-order valence-electron chi connectivity index (χ0n) is 18.9.